The first-order chi connectivity index (χ1) is 11.7. The number of amides is 2. The summed E-state index contributed by atoms with van der Waals surface area (Å²) in [5.74, 6) is -0.179. The Labute approximate surface area is 149 Å². The van der Waals surface area contributed by atoms with Crippen molar-refractivity contribution in [1.82, 2.24) is 9.80 Å². The first kappa shape index (κ1) is 19.2. The van der Waals surface area contributed by atoms with E-state index in [2.05, 4.69) is 4.90 Å². The molecule has 0 atom stereocenters. The van der Waals surface area contributed by atoms with Crippen LogP contribution in [0.15, 0.2) is 24.3 Å². The van der Waals surface area contributed by atoms with Gasteiger partial charge in [0.25, 0.3) is 0 Å². The van der Waals surface area contributed by atoms with Crippen molar-refractivity contribution in [2.24, 2.45) is 0 Å². The molecule has 0 radical (unpaired) electrons. The van der Waals surface area contributed by atoms with Crippen LogP contribution in [0.4, 0.5) is 10.1 Å². The molecule has 5 nitrogen and oxygen atoms in total. The van der Waals surface area contributed by atoms with Crippen LogP contribution in [-0.4, -0.2) is 59.9 Å². The van der Waals surface area contributed by atoms with Crippen molar-refractivity contribution in [3.05, 3.63) is 30.1 Å². The van der Waals surface area contributed by atoms with E-state index in [1.54, 1.807) is 17.0 Å². The highest BCUT2D eigenvalue weighted by Crippen LogP contribution is 2.18. The fourth-order valence-electron chi connectivity index (χ4n) is 3.20. The number of carbonyl (C=O) groups excluding carboxylic acids is 2. The Bertz CT molecular complexity index is 602. The van der Waals surface area contributed by atoms with Gasteiger partial charge in [-0.1, -0.05) is 0 Å². The quantitative estimate of drug-likeness (QED) is 0.839. The molecule has 0 unspecified atom stereocenters. The van der Waals surface area contributed by atoms with Crippen molar-refractivity contribution in [3.63, 3.8) is 0 Å². The van der Waals surface area contributed by atoms with Gasteiger partial charge < -0.3 is 14.7 Å². The van der Waals surface area contributed by atoms with Crippen LogP contribution in [0.3, 0.4) is 0 Å². The van der Waals surface area contributed by atoms with Crippen LogP contribution < -0.4 is 4.90 Å². The maximum atomic E-state index is 13.0. The lowest BCUT2D eigenvalue weighted by Crippen LogP contribution is -2.50. The van der Waals surface area contributed by atoms with Crippen molar-refractivity contribution in [1.29, 1.82) is 0 Å². The van der Waals surface area contributed by atoms with E-state index in [-0.39, 0.29) is 23.2 Å². The molecule has 2 amide bonds. The number of halogens is 1. The summed E-state index contributed by atoms with van der Waals surface area (Å²) < 4.78 is 13.0. The van der Waals surface area contributed by atoms with E-state index >= 15 is 0 Å². The Kier molecular flexibility index (Phi) is 6.03. The predicted octanol–water partition coefficient (Wildman–Crippen LogP) is 2.51. The second kappa shape index (κ2) is 7.85. The number of hydrogen-bond donors (Lipinski definition) is 0. The first-order valence-electron chi connectivity index (χ1n) is 8.75. The van der Waals surface area contributed by atoms with Crippen molar-refractivity contribution < 1.29 is 14.0 Å². The summed E-state index contributed by atoms with van der Waals surface area (Å²) in [4.78, 5) is 30.0. The average Bonchev–Trinajstić information content (AvgIpc) is 2.54. The van der Waals surface area contributed by atoms with Crippen molar-refractivity contribution in [3.8, 4) is 0 Å². The summed E-state index contributed by atoms with van der Waals surface area (Å²) in [5.41, 5.74) is 0.692. The Morgan fingerprint density at radius 2 is 1.64 bits per heavy atom. The summed E-state index contributed by atoms with van der Waals surface area (Å²) >= 11 is 0. The number of benzene rings is 1. The number of anilines is 1. The fourth-order valence-corrected chi connectivity index (χ4v) is 3.20. The van der Waals surface area contributed by atoms with E-state index in [1.807, 2.05) is 25.7 Å². The van der Waals surface area contributed by atoms with Gasteiger partial charge in [0.15, 0.2) is 0 Å². The summed E-state index contributed by atoms with van der Waals surface area (Å²) in [5, 5.41) is 0. The standard InChI is InChI=1S/C19H28FN3O2/c1-15(24)23(19(2,3)4)10-9-18(25)22-13-11-21(12-14-22)17-7-5-16(20)6-8-17/h5-8H,9-14H2,1-4H3. The molecule has 1 fully saturated rings. The predicted molar refractivity (Wildman–Crippen MR) is 97.0 cm³/mol. The van der Waals surface area contributed by atoms with Gasteiger partial charge >= 0.3 is 0 Å². The number of hydrogen-bond acceptors (Lipinski definition) is 3. The first-order valence-corrected chi connectivity index (χ1v) is 8.75. The van der Waals surface area contributed by atoms with Gasteiger partial charge in [-0.2, -0.15) is 0 Å². The normalized spacial score (nSPS) is 15.2. The van der Waals surface area contributed by atoms with E-state index in [4.69, 9.17) is 0 Å². The molecular formula is C19H28FN3O2. The number of rotatable bonds is 4. The zero-order chi connectivity index (χ0) is 18.6. The maximum absolute atomic E-state index is 13.0. The fraction of sp³-hybridized carbons (Fsp3) is 0.579. The topological polar surface area (TPSA) is 43.9 Å². The molecule has 0 aliphatic carbocycles. The molecule has 0 saturated carbocycles. The minimum absolute atomic E-state index is 0.0126. The zero-order valence-electron chi connectivity index (χ0n) is 15.6. The molecule has 1 heterocycles. The monoisotopic (exact) mass is 349 g/mol. The molecule has 138 valence electrons. The molecule has 1 aliphatic heterocycles. The van der Waals surface area contributed by atoms with Crippen LogP contribution in [0.1, 0.15) is 34.1 Å². The number of nitrogens with zero attached hydrogens (tertiary/aromatic N) is 3. The summed E-state index contributed by atoms with van der Waals surface area (Å²) in [6, 6.07) is 6.44. The minimum atomic E-state index is -0.284. The molecule has 0 aromatic heterocycles. The Balaban J connectivity index is 1.84. The van der Waals surface area contributed by atoms with Crippen LogP contribution in [0.5, 0.6) is 0 Å². The lowest BCUT2D eigenvalue weighted by Gasteiger charge is -2.38. The van der Waals surface area contributed by atoms with Gasteiger partial charge in [0.05, 0.1) is 0 Å². The summed E-state index contributed by atoms with van der Waals surface area (Å²) in [6.07, 6.45) is 0.341. The molecule has 0 spiro atoms. The van der Waals surface area contributed by atoms with Crippen molar-refractivity contribution in [2.75, 3.05) is 37.6 Å². The Morgan fingerprint density at radius 1 is 1.08 bits per heavy atom. The van der Waals surface area contributed by atoms with Gasteiger partial charge in [-0.3, -0.25) is 9.59 Å². The molecule has 1 aromatic rings. The van der Waals surface area contributed by atoms with E-state index < -0.39 is 0 Å². The highest BCUT2D eigenvalue weighted by atomic mass is 19.1. The molecule has 1 aromatic carbocycles. The number of carbonyl (C=O) groups is 2. The van der Waals surface area contributed by atoms with Crippen LogP contribution in [-0.2, 0) is 9.59 Å². The second-order valence-electron chi connectivity index (χ2n) is 7.44. The van der Waals surface area contributed by atoms with Crippen LogP contribution >= 0.6 is 0 Å². The zero-order valence-corrected chi connectivity index (χ0v) is 15.6. The lowest BCUT2D eigenvalue weighted by molar-refractivity contribution is -0.136. The molecule has 1 saturated heterocycles. The molecule has 0 N–H and O–H groups in total. The van der Waals surface area contributed by atoms with Gasteiger partial charge in [-0.05, 0) is 45.0 Å². The van der Waals surface area contributed by atoms with E-state index in [0.717, 1.165) is 18.8 Å². The van der Waals surface area contributed by atoms with Crippen molar-refractivity contribution >= 4 is 17.5 Å². The maximum Gasteiger partial charge on any atom is 0.224 e. The van der Waals surface area contributed by atoms with Gasteiger partial charge in [0, 0.05) is 57.3 Å². The summed E-state index contributed by atoms with van der Waals surface area (Å²) in [7, 11) is 0. The lowest BCUT2D eigenvalue weighted by atomic mass is 10.1. The highest BCUT2D eigenvalue weighted by Gasteiger charge is 2.26. The molecule has 2 rings (SSSR count). The van der Waals surface area contributed by atoms with Gasteiger partial charge in [-0.15, -0.1) is 0 Å². The smallest absolute Gasteiger partial charge is 0.224 e. The summed E-state index contributed by atoms with van der Waals surface area (Å²) in [6.45, 7) is 10.6. The van der Waals surface area contributed by atoms with Crippen LogP contribution in [0.2, 0.25) is 0 Å². The third kappa shape index (κ3) is 5.18. The third-order valence-electron chi connectivity index (χ3n) is 4.56. The van der Waals surface area contributed by atoms with Crippen molar-refractivity contribution in [2.45, 2.75) is 39.7 Å². The minimum Gasteiger partial charge on any atom is -0.368 e. The van der Waals surface area contributed by atoms with Crippen LogP contribution in [0.25, 0.3) is 0 Å². The Morgan fingerprint density at radius 3 is 2.12 bits per heavy atom. The molecule has 0 bridgehead atoms. The highest BCUT2D eigenvalue weighted by molar-refractivity contribution is 5.78. The number of piperazine rings is 1. The van der Waals surface area contributed by atoms with E-state index in [1.165, 1.54) is 19.1 Å². The second-order valence-corrected chi connectivity index (χ2v) is 7.44. The molecule has 6 heteroatoms. The average molecular weight is 349 g/mol. The van der Waals surface area contributed by atoms with Gasteiger partial charge in [0.2, 0.25) is 11.8 Å². The van der Waals surface area contributed by atoms with E-state index in [9.17, 15) is 14.0 Å². The SMILES string of the molecule is CC(=O)N(CCC(=O)N1CCN(c2ccc(F)cc2)CC1)C(C)(C)C. The Hall–Kier alpha value is -2.11. The molecule has 25 heavy (non-hydrogen) atoms. The van der Waals surface area contributed by atoms with Gasteiger partial charge in [0.1, 0.15) is 5.82 Å². The largest absolute Gasteiger partial charge is 0.368 e. The third-order valence-corrected chi connectivity index (χ3v) is 4.56. The van der Waals surface area contributed by atoms with E-state index in [0.29, 0.717) is 26.1 Å². The van der Waals surface area contributed by atoms with Crippen LogP contribution in [0, 0.1) is 5.82 Å². The molecular weight excluding hydrogens is 321 g/mol. The molecule has 1 aliphatic rings. The van der Waals surface area contributed by atoms with Gasteiger partial charge in [-0.25, -0.2) is 4.39 Å².